The molecule has 0 N–H and O–H groups in total. The maximum absolute atomic E-state index is 8.89. The van der Waals surface area contributed by atoms with E-state index in [4.69, 9.17) is 16.9 Å². The molecule has 0 heterocycles. The van der Waals surface area contributed by atoms with E-state index in [0.717, 1.165) is 5.56 Å². The van der Waals surface area contributed by atoms with Gasteiger partial charge < -0.3 is 0 Å². The van der Waals surface area contributed by atoms with Crippen LogP contribution in [0.15, 0.2) is 24.3 Å². The Labute approximate surface area is 83.3 Å². The standard InChI is InChI=1S/C10H11ClN2/c1-13(2)10(7-12)8-3-5-9(11)6-4-8/h3-6,10H,1-2H3/t10-/m1/s1. The molecule has 68 valence electrons. The molecule has 13 heavy (non-hydrogen) atoms. The van der Waals surface area contributed by atoms with Crippen LogP contribution < -0.4 is 0 Å². The molecule has 0 radical (unpaired) electrons. The zero-order valence-corrected chi connectivity index (χ0v) is 8.42. The summed E-state index contributed by atoms with van der Waals surface area (Å²) in [7, 11) is 3.75. The third-order valence-corrected chi connectivity index (χ3v) is 2.08. The van der Waals surface area contributed by atoms with Gasteiger partial charge in [0.05, 0.1) is 6.07 Å². The first kappa shape index (κ1) is 10.0. The van der Waals surface area contributed by atoms with E-state index in [0.29, 0.717) is 5.02 Å². The molecule has 2 nitrogen and oxygen atoms in total. The first-order chi connectivity index (χ1) is 6.15. The smallest absolute Gasteiger partial charge is 0.123 e. The summed E-state index contributed by atoms with van der Waals surface area (Å²) < 4.78 is 0. The average Bonchev–Trinajstić information content (AvgIpc) is 2.09. The lowest BCUT2D eigenvalue weighted by Crippen LogP contribution is -2.17. The molecule has 1 aromatic rings. The highest BCUT2D eigenvalue weighted by atomic mass is 35.5. The second-order valence-corrected chi connectivity index (χ2v) is 3.48. The minimum Gasteiger partial charge on any atom is -0.291 e. The lowest BCUT2D eigenvalue weighted by Gasteiger charge is -2.17. The molecular formula is C10H11ClN2. The summed E-state index contributed by atoms with van der Waals surface area (Å²) in [6.45, 7) is 0. The Kier molecular flexibility index (Phi) is 3.30. The van der Waals surface area contributed by atoms with Crippen molar-refractivity contribution in [3.05, 3.63) is 34.9 Å². The largest absolute Gasteiger partial charge is 0.291 e. The SMILES string of the molecule is CN(C)[C@H](C#N)c1ccc(Cl)cc1. The van der Waals surface area contributed by atoms with Crippen LogP contribution >= 0.6 is 11.6 Å². The van der Waals surface area contributed by atoms with Crippen LogP contribution in [0, 0.1) is 11.3 Å². The molecule has 1 rings (SSSR count). The van der Waals surface area contributed by atoms with Gasteiger partial charge in [0.15, 0.2) is 0 Å². The van der Waals surface area contributed by atoms with Crippen molar-refractivity contribution in [1.29, 1.82) is 5.26 Å². The highest BCUT2D eigenvalue weighted by molar-refractivity contribution is 6.30. The van der Waals surface area contributed by atoms with Crippen molar-refractivity contribution in [1.82, 2.24) is 4.90 Å². The number of nitrogens with zero attached hydrogens (tertiary/aromatic N) is 2. The highest BCUT2D eigenvalue weighted by Crippen LogP contribution is 2.19. The second kappa shape index (κ2) is 4.27. The minimum absolute atomic E-state index is 0.197. The van der Waals surface area contributed by atoms with E-state index in [2.05, 4.69) is 6.07 Å². The Morgan fingerprint density at radius 3 is 2.23 bits per heavy atom. The molecule has 0 amide bonds. The lowest BCUT2D eigenvalue weighted by molar-refractivity contribution is 0.358. The first-order valence-electron chi connectivity index (χ1n) is 3.96. The van der Waals surface area contributed by atoms with Crippen LogP contribution in [-0.4, -0.2) is 19.0 Å². The van der Waals surface area contributed by atoms with E-state index in [-0.39, 0.29) is 6.04 Å². The summed E-state index contributed by atoms with van der Waals surface area (Å²) in [5.41, 5.74) is 0.969. The number of benzene rings is 1. The Hall–Kier alpha value is -1.04. The zero-order chi connectivity index (χ0) is 9.84. The molecule has 0 aliphatic heterocycles. The van der Waals surface area contributed by atoms with Gasteiger partial charge in [-0.1, -0.05) is 23.7 Å². The lowest BCUT2D eigenvalue weighted by atomic mass is 10.1. The molecule has 0 saturated carbocycles. The summed E-state index contributed by atoms with van der Waals surface area (Å²) in [5.74, 6) is 0. The van der Waals surface area contributed by atoms with E-state index >= 15 is 0 Å². The highest BCUT2D eigenvalue weighted by Gasteiger charge is 2.11. The summed E-state index contributed by atoms with van der Waals surface area (Å²) in [5, 5.41) is 9.59. The van der Waals surface area contributed by atoms with Crippen molar-refractivity contribution in [3.63, 3.8) is 0 Å². The number of hydrogen-bond donors (Lipinski definition) is 0. The average molecular weight is 195 g/mol. The van der Waals surface area contributed by atoms with Gasteiger partial charge in [0, 0.05) is 5.02 Å². The van der Waals surface area contributed by atoms with Crippen molar-refractivity contribution in [2.75, 3.05) is 14.1 Å². The summed E-state index contributed by atoms with van der Waals surface area (Å²) in [6.07, 6.45) is 0. The van der Waals surface area contributed by atoms with E-state index in [1.807, 2.05) is 31.1 Å². The molecule has 0 aliphatic rings. The van der Waals surface area contributed by atoms with Crippen LogP contribution in [0.5, 0.6) is 0 Å². The van der Waals surface area contributed by atoms with Crippen LogP contribution in [0.1, 0.15) is 11.6 Å². The quantitative estimate of drug-likeness (QED) is 0.723. The molecule has 1 aromatic carbocycles. The molecular weight excluding hydrogens is 184 g/mol. The number of rotatable bonds is 2. The van der Waals surface area contributed by atoms with Gasteiger partial charge in [-0.05, 0) is 31.8 Å². The van der Waals surface area contributed by atoms with Crippen LogP contribution in [-0.2, 0) is 0 Å². The molecule has 0 unspecified atom stereocenters. The predicted octanol–water partition coefficient (Wildman–Crippen LogP) is 2.47. The summed E-state index contributed by atoms with van der Waals surface area (Å²) in [6, 6.07) is 9.36. The fourth-order valence-corrected chi connectivity index (χ4v) is 1.26. The summed E-state index contributed by atoms with van der Waals surface area (Å²) in [4.78, 5) is 1.86. The van der Waals surface area contributed by atoms with Gasteiger partial charge in [0.1, 0.15) is 6.04 Å². The van der Waals surface area contributed by atoms with E-state index in [1.165, 1.54) is 0 Å². The van der Waals surface area contributed by atoms with E-state index < -0.39 is 0 Å². The van der Waals surface area contributed by atoms with Crippen LogP contribution in [0.4, 0.5) is 0 Å². The molecule has 0 aromatic heterocycles. The van der Waals surface area contributed by atoms with Gasteiger partial charge in [-0.2, -0.15) is 5.26 Å². The van der Waals surface area contributed by atoms with Gasteiger partial charge in [-0.15, -0.1) is 0 Å². The van der Waals surface area contributed by atoms with Gasteiger partial charge in [-0.3, -0.25) is 4.90 Å². The molecule has 1 atom stereocenters. The Morgan fingerprint density at radius 2 is 1.85 bits per heavy atom. The Bertz CT molecular complexity index is 311. The van der Waals surface area contributed by atoms with Crippen molar-refractivity contribution < 1.29 is 0 Å². The first-order valence-corrected chi connectivity index (χ1v) is 4.34. The van der Waals surface area contributed by atoms with E-state index in [1.54, 1.807) is 12.1 Å². The van der Waals surface area contributed by atoms with Gasteiger partial charge in [0.2, 0.25) is 0 Å². The molecule has 0 fully saturated rings. The fourth-order valence-electron chi connectivity index (χ4n) is 1.13. The molecule has 0 bridgehead atoms. The number of nitriles is 1. The monoisotopic (exact) mass is 194 g/mol. The van der Waals surface area contributed by atoms with Crippen LogP contribution in [0.2, 0.25) is 5.02 Å². The molecule has 0 saturated heterocycles. The van der Waals surface area contributed by atoms with Crippen molar-refractivity contribution in [3.8, 4) is 6.07 Å². The van der Waals surface area contributed by atoms with E-state index in [9.17, 15) is 0 Å². The third-order valence-electron chi connectivity index (χ3n) is 1.82. The number of hydrogen-bond acceptors (Lipinski definition) is 2. The van der Waals surface area contributed by atoms with Crippen molar-refractivity contribution >= 4 is 11.6 Å². The van der Waals surface area contributed by atoms with Crippen LogP contribution in [0.3, 0.4) is 0 Å². The topological polar surface area (TPSA) is 27.0 Å². The summed E-state index contributed by atoms with van der Waals surface area (Å²) >= 11 is 5.74. The molecule has 0 spiro atoms. The zero-order valence-electron chi connectivity index (χ0n) is 7.66. The normalized spacial score (nSPS) is 12.5. The van der Waals surface area contributed by atoms with Gasteiger partial charge >= 0.3 is 0 Å². The Balaban J connectivity index is 2.94. The van der Waals surface area contributed by atoms with Crippen molar-refractivity contribution in [2.45, 2.75) is 6.04 Å². The molecule has 3 heteroatoms. The maximum Gasteiger partial charge on any atom is 0.123 e. The predicted molar refractivity (Wildman–Crippen MR) is 53.5 cm³/mol. The van der Waals surface area contributed by atoms with Crippen molar-refractivity contribution in [2.24, 2.45) is 0 Å². The Morgan fingerprint density at radius 1 is 1.31 bits per heavy atom. The molecule has 0 aliphatic carbocycles. The van der Waals surface area contributed by atoms with Gasteiger partial charge in [-0.25, -0.2) is 0 Å². The minimum atomic E-state index is -0.197. The maximum atomic E-state index is 8.89. The fraction of sp³-hybridized carbons (Fsp3) is 0.300. The van der Waals surface area contributed by atoms with Gasteiger partial charge in [0.25, 0.3) is 0 Å². The number of halogens is 1. The second-order valence-electron chi connectivity index (χ2n) is 3.05. The third kappa shape index (κ3) is 2.45. The van der Waals surface area contributed by atoms with Crippen LogP contribution in [0.25, 0.3) is 0 Å².